The molecule has 2 aromatic carbocycles. The molecule has 2 aromatic heterocycles. The second-order valence-corrected chi connectivity index (χ2v) is 5.25. The molecule has 0 bridgehead atoms. The molecule has 4 aromatic rings. The van der Waals surface area contributed by atoms with E-state index in [9.17, 15) is 0 Å². The number of benzene rings is 2. The van der Waals surface area contributed by atoms with Crippen molar-refractivity contribution in [1.82, 2.24) is 9.97 Å². The standard InChI is InChI=1S/C17H11ClN2/c18-14-8-15-16(10-20-17(15)19-9-14)13-6-5-11-3-1-2-4-12(11)7-13/h1-10H,(H,19,20). The van der Waals surface area contributed by atoms with E-state index in [1.807, 2.05) is 12.3 Å². The zero-order valence-electron chi connectivity index (χ0n) is 10.6. The number of fused-ring (bicyclic) bond motifs is 2. The molecule has 0 unspecified atom stereocenters. The van der Waals surface area contributed by atoms with Gasteiger partial charge < -0.3 is 4.98 Å². The van der Waals surface area contributed by atoms with Gasteiger partial charge in [-0.2, -0.15) is 0 Å². The molecular weight excluding hydrogens is 268 g/mol. The van der Waals surface area contributed by atoms with Crippen LogP contribution in [0.3, 0.4) is 0 Å². The molecule has 0 fully saturated rings. The minimum absolute atomic E-state index is 0.652. The second-order valence-electron chi connectivity index (χ2n) is 4.81. The van der Waals surface area contributed by atoms with Crippen molar-refractivity contribution in [2.45, 2.75) is 0 Å². The van der Waals surface area contributed by atoms with Gasteiger partial charge in [0.1, 0.15) is 5.65 Å². The molecule has 3 heteroatoms. The number of nitrogens with zero attached hydrogens (tertiary/aromatic N) is 1. The third-order valence-electron chi connectivity index (χ3n) is 3.56. The van der Waals surface area contributed by atoms with Crippen LogP contribution >= 0.6 is 11.6 Å². The van der Waals surface area contributed by atoms with Crippen molar-refractivity contribution in [1.29, 1.82) is 0 Å². The Morgan fingerprint density at radius 3 is 2.70 bits per heavy atom. The first-order valence-corrected chi connectivity index (χ1v) is 6.81. The largest absolute Gasteiger partial charge is 0.346 e. The fourth-order valence-corrected chi connectivity index (χ4v) is 2.73. The monoisotopic (exact) mass is 278 g/mol. The van der Waals surface area contributed by atoms with Crippen LogP contribution in [0.2, 0.25) is 5.02 Å². The van der Waals surface area contributed by atoms with Gasteiger partial charge in [0.2, 0.25) is 0 Å². The lowest BCUT2D eigenvalue weighted by Crippen LogP contribution is -1.79. The molecule has 4 rings (SSSR count). The minimum atomic E-state index is 0.652. The van der Waals surface area contributed by atoms with E-state index in [4.69, 9.17) is 11.6 Å². The van der Waals surface area contributed by atoms with Crippen molar-refractivity contribution in [3.8, 4) is 11.1 Å². The second kappa shape index (κ2) is 4.36. The number of pyridine rings is 1. The van der Waals surface area contributed by atoms with Crippen molar-refractivity contribution in [2.75, 3.05) is 0 Å². The Morgan fingerprint density at radius 1 is 0.950 bits per heavy atom. The van der Waals surface area contributed by atoms with Gasteiger partial charge in [0.15, 0.2) is 0 Å². The van der Waals surface area contributed by atoms with E-state index in [-0.39, 0.29) is 0 Å². The summed E-state index contributed by atoms with van der Waals surface area (Å²) in [7, 11) is 0. The minimum Gasteiger partial charge on any atom is -0.346 e. The molecular formula is C17H11ClN2. The third kappa shape index (κ3) is 1.77. The molecule has 2 nitrogen and oxygen atoms in total. The summed E-state index contributed by atoms with van der Waals surface area (Å²) in [6.45, 7) is 0. The first kappa shape index (κ1) is 11.5. The Bertz CT molecular complexity index is 924. The van der Waals surface area contributed by atoms with Gasteiger partial charge in [-0.3, -0.25) is 0 Å². The number of nitrogens with one attached hydrogen (secondary N) is 1. The van der Waals surface area contributed by atoms with Gasteiger partial charge in [-0.05, 0) is 28.5 Å². The summed E-state index contributed by atoms with van der Waals surface area (Å²) < 4.78 is 0. The van der Waals surface area contributed by atoms with E-state index >= 15 is 0 Å². The van der Waals surface area contributed by atoms with Crippen LogP contribution in [0.5, 0.6) is 0 Å². The van der Waals surface area contributed by atoms with Gasteiger partial charge in [-0.1, -0.05) is 48.0 Å². The van der Waals surface area contributed by atoms with Gasteiger partial charge in [0.05, 0.1) is 5.02 Å². The Balaban J connectivity index is 1.98. The molecule has 0 saturated heterocycles. The lowest BCUT2D eigenvalue weighted by molar-refractivity contribution is 1.33. The zero-order chi connectivity index (χ0) is 13.5. The smallest absolute Gasteiger partial charge is 0.137 e. The van der Waals surface area contributed by atoms with Crippen LogP contribution < -0.4 is 0 Å². The fraction of sp³-hybridized carbons (Fsp3) is 0. The number of aromatic nitrogens is 2. The summed E-state index contributed by atoms with van der Waals surface area (Å²) in [4.78, 5) is 7.49. The van der Waals surface area contributed by atoms with Crippen LogP contribution in [-0.2, 0) is 0 Å². The molecule has 0 radical (unpaired) electrons. The molecule has 20 heavy (non-hydrogen) atoms. The highest BCUT2D eigenvalue weighted by atomic mass is 35.5. The summed E-state index contributed by atoms with van der Waals surface area (Å²) in [6.07, 6.45) is 3.64. The highest BCUT2D eigenvalue weighted by molar-refractivity contribution is 6.31. The van der Waals surface area contributed by atoms with Crippen molar-refractivity contribution >= 4 is 33.4 Å². The number of halogens is 1. The summed E-state index contributed by atoms with van der Waals surface area (Å²) in [5.74, 6) is 0. The molecule has 0 aliphatic heterocycles. The SMILES string of the molecule is Clc1cnc2[nH]cc(-c3ccc4ccccc4c3)c2c1. The highest BCUT2D eigenvalue weighted by Crippen LogP contribution is 2.31. The van der Waals surface area contributed by atoms with Crippen LogP contribution in [0, 0.1) is 0 Å². The maximum atomic E-state index is 6.05. The molecule has 0 amide bonds. The van der Waals surface area contributed by atoms with Crippen molar-refractivity contribution < 1.29 is 0 Å². The molecule has 1 N–H and O–H groups in total. The van der Waals surface area contributed by atoms with Gasteiger partial charge in [0, 0.05) is 23.3 Å². The van der Waals surface area contributed by atoms with Crippen molar-refractivity contribution in [3.05, 3.63) is 65.9 Å². The average molecular weight is 279 g/mol. The molecule has 0 saturated carbocycles. The van der Waals surface area contributed by atoms with Crippen LogP contribution in [0.1, 0.15) is 0 Å². The number of hydrogen-bond donors (Lipinski definition) is 1. The quantitative estimate of drug-likeness (QED) is 0.519. The molecule has 96 valence electrons. The van der Waals surface area contributed by atoms with Gasteiger partial charge in [0.25, 0.3) is 0 Å². The topological polar surface area (TPSA) is 28.7 Å². The van der Waals surface area contributed by atoms with E-state index in [1.54, 1.807) is 6.20 Å². The number of rotatable bonds is 1. The molecule has 0 spiro atoms. The summed E-state index contributed by atoms with van der Waals surface area (Å²) in [5, 5.41) is 4.17. The van der Waals surface area contributed by atoms with E-state index in [0.29, 0.717) is 5.02 Å². The predicted octanol–water partition coefficient (Wildman–Crippen LogP) is 5.04. The highest BCUT2D eigenvalue weighted by Gasteiger charge is 2.08. The first-order valence-electron chi connectivity index (χ1n) is 6.43. The van der Waals surface area contributed by atoms with Crippen molar-refractivity contribution in [2.24, 2.45) is 0 Å². The molecule has 0 atom stereocenters. The van der Waals surface area contributed by atoms with E-state index in [1.165, 1.54) is 16.3 Å². The number of H-pyrrole nitrogens is 1. The van der Waals surface area contributed by atoms with E-state index in [0.717, 1.165) is 16.6 Å². The van der Waals surface area contributed by atoms with Crippen LogP contribution in [-0.4, -0.2) is 9.97 Å². The molecule has 0 aliphatic carbocycles. The summed E-state index contributed by atoms with van der Waals surface area (Å²) in [6, 6.07) is 16.8. The Labute approximate surface area is 121 Å². The van der Waals surface area contributed by atoms with Gasteiger partial charge >= 0.3 is 0 Å². The van der Waals surface area contributed by atoms with Crippen LogP contribution in [0.25, 0.3) is 32.9 Å². The zero-order valence-corrected chi connectivity index (χ0v) is 11.4. The third-order valence-corrected chi connectivity index (χ3v) is 3.76. The lowest BCUT2D eigenvalue weighted by Gasteiger charge is -2.03. The maximum absolute atomic E-state index is 6.05. The van der Waals surface area contributed by atoms with E-state index in [2.05, 4.69) is 52.4 Å². The van der Waals surface area contributed by atoms with Crippen LogP contribution in [0.15, 0.2) is 60.9 Å². The van der Waals surface area contributed by atoms with Crippen molar-refractivity contribution in [3.63, 3.8) is 0 Å². The predicted molar refractivity (Wildman–Crippen MR) is 84.0 cm³/mol. The average Bonchev–Trinajstić information content (AvgIpc) is 2.89. The maximum Gasteiger partial charge on any atom is 0.137 e. The summed E-state index contributed by atoms with van der Waals surface area (Å²) >= 11 is 6.05. The lowest BCUT2D eigenvalue weighted by atomic mass is 10.0. The number of hydrogen-bond acceptors (Lipinski definition) is 1. The Hall–Kier alpha value is -2.32. The molecule has 2 heterocycles. The Morgan fingerprint density at radius 2 is 1.80 bits per heavy atom. The van der Waals surface area contributed by atoms with Crippen LogP contribution in [0.4, 0.5) is 0 Å². The molecule has 0 aliphatic rings. The van der Waals surface area contributed by atoms with Gasteiger partial charge in [-0.15, -0.1) is 0 Å². The normalized spacial score (nSPS) is 11.2. The first-order chi connectivity index (χ1) is 9.81. The van der Waals surface area contributed by atoms with E-state index < -0.39 is 0 Å². The fourth-order valence-electron chi connectivity index (χ4n) is 2.57. The Kier molecular flexibility index (Phi) is 2.51. The summed E-state index contributed by atoms with van der Waals surface area (Å²) in [5.41, 5.74) is 3.15. The number of aromatic amines is 1. The van der Waals surface area contributed by atoms with Gasteiger partial charge in [-0.25, -0.2) is 4.98 Å².